The molecule has 2 aromatic heterocycles. The molecule has 0 radical (unpaired) electrons. The van der Waals surface area contributed by atoms with E-state index < -0.39 is 0 Å². The largest absolute Gasteiger partial charge is 0.462 e. The van der Waals surface area contributed by atoms with E-state index in [1.807, 2.05) is 5.38 Å². The Morgan fingerprint density at radius 1 is 1.36 bits per heavy atom. The van der Waals surface area contributed by atoms with E-state index in [1.165, 1.54) is 17.3 Å². The summed E-state index contributed by atoms with van der Waals surface area (Å²) in [4.78, 5) is 17.0. The van der Waals surface area contributed by atoms with Gasteiger partial charge in [-0.15, -0.1) is 11.3 Å². The van der Waals surface area contributed by atoms with E-state index in [0.717, 1.165) is 22.7 Å². The number of nitrogens with zero attached hydrogens (tertiary/aromatic N) is 3. The van der Waals surface area contributed by atoms with Crippen LogP contribution < -0.4 is 5.73 Å². The molecule has 0 aliphatic rings. The fourth-order valence-electron chi connectivity index (χ4n) is 2.85. The fourth-order valence-corrected chi connectivity index (χ4v) is 3.74. The van der Waals surface area contributed by atoms with Crippen molar-refractivity contribution in [2.24, 2.45) is 5.73 Å². The third kappa shape index (κ3) is 5.24. The lowest BCUT2D eigenvalue weighted by Gasteiger charge is -2.06. The first-order valence-electron chi connectivity index (χ1n) is 8.98. The lowest BCUT2D eigenvalue weighted by molar-refractivity contribution is 0.0526. The number of aromatic nitrogens is 3. The molecule has 0 unspecified atom stereocenters. The number of carbonyl (C=O) groups is 1. The highest BCUT2D eigenvalue weighted by molar-refractivity contribution is 7.80. The number of rotatable bonds is 8. The molecule has 3 rings (SSSR count). The van der Waals surface area contributed by atoms with Crippen LogP contribution in [-0.4, -0.2) is 32.3 Å². The summed E-state index contributed by atoms with van der Waals surface area (Å²) >= 11 is 6.55. The quantitative estimate of drug-likeness (QED) is 0.446. The third-order valence-corrected chi connectivity index (χ3v) is 5.12. The van der Waals surface area contributed by atoms with Gasteiger partial charge < -0.3 is 10.5 Å². The van der Waals surface area contributed by atoms with Crippen LogP contribution in [0.1, 0.15) is 39.8 Å². The number of aryl methyl sites for hydroxylation is 2. The number of hydrogen-bond acceptors (Lipinski definition) is 6. The second-order valence-electron chi connectivity index (χ2n) is 6.45. The Hall–Kier alpha value is -2.58. The van der Waals surface area contributed by atoms with Gasteiger partial charge in [0, 0.05) is 23.6 Å². The van der Waals surface area contributed by atoms with Crippen LogP contribution in [0.3, 0.4) is 0 Å². The summed E-state index contributed by atoms with van der Waals surface area (Å²) in [6, 6.07) is 6.41. The monoisotopic (exact) mass is 414 g/mol. The van der Waals surface area contributed by atoms with E-state index in [4.69, 9.17) is 27.7 Å². The maximum absolute atomic E-state index is 11.8. The van der Waals surface area contributed by atoms with Gasteiger partial charge in [-0.25, -0.2) is 9.78 Å². The van der Waals surface area contributed by atoms with Crippen molar-refractivity contribution in [2.45, 2.75) is 33.2 Å². The highest BCUT2D eigenvalue weighted by Gasteiger charge is 2.11. The first-order chi connectivity index (χ1) is 13.4. The van der Waals surface area contributed by atoms with Crippen LogP contribution >= 0.6 is 23.6 Å². The van der Waals surface area contributed by atoms with E-state index in [1.54, 1.807) is 29.1 Å². The second kappa shape index (κ2) is 9.07. The van der Waals surface area contributed by atoms with Crippen LogP contribution in [0.4, 0.5) is 0 Å². The van der Waals surface area contributed by atoms with Crippen LogP contribution in [0, 0.1) is 6.92 Å². The van der Waals surface area contributed by atoms with Gasteiger partial charge in [0.25, 0.3) is 0 Å². The number of thiocarbonyl (C=S) groups is 1. The molecule has 0 bridgehead atoms. The van der Waals surface area contributed by atoms with E-state index in [9.17, 15) is 4.79 Å². The molecule has 28 heavy (non-hydrogen) atoms. The highest BCUT2D eigenvalue weighted by atomic mass is 32.1. The molecule has 0 aliphatic carbocycles. The van der Waals surface area contributed by atoms with E-state index in [0.29, 0.717) is 30.1 Å². The summed E-state index contributed by atoms with van der Waals surface area (Å²) in [5.41, 5.74) is 10.4. The molecule has 2 N–H and O–H groups in total. The van der Waals surface area contributed by atoms with Crippen LogP contribution in [-0.2, 0) is 17.7 Å². The lowest BCUT2D eigenvalue weighted by atomic mass is 10.0. The molecular weight excluding hydrogens is 392 g/mol. The molecular formula is C20H22N4O2S2. The molecule has 0 saturated heterocycles. The predicted molar refractivity (Wildman–Crippen MR) is 115 cm³/mol. The van der Waals surface area contributed by atoms with Crippen molar-refractivity contribution in [3.05, 3.63) is 57.7 Å². The first kappa shape index (κ1) is 20.2. The summed E-state index contributed by atoms with van der Waals surface area (Å²) in [5.74, 6) is -0.363. The lowest BCUT2D eigenvalue weighted by Crippen LogP contribution is -2.08. The molecule has 0 aliphatic heterocycles. The minimum Gasteiger partial charge on any atom is -0.462 e. The number of benzene rings is 1. The van der Waals surface area contributed by atoms with Gasteiger partial charge in [-0.3, -0.25) is 4.68 Å². The average molecular weight is 415 g/mol. The van der Waals surface area contributed by atoms with Gasteiger partial charge in [-0.05, 0) is 38.0 Å². The molecule has 0 saturated carbocycles. The van der Waals surface area contributed by atoms with E-state index in [-0.39, 0.29) is 5.97 Å². The molecule has 2 heterocycles. The number of ether oxygens (including phenoxy) is 1. The van der Waals surface area contributed by atoms with Crippen molar-refractivity contribution in [1.29, 1.82) is 0 Å². The van der Waals surface area contributed by atoms with Crippen molar-refractivity contribution < 1.29 is 9.53 Å². The Balaban J connectivity index is 1.73. The van der Waals surface area contributed by atoms with Gasteiger partial charge in [0.1, 0.15) is 5.01 Å². The summed E-state index contributed by atoms with van der Waals surface area (Å²) in [5, 5.41) is 7.18. The van der Waals surface area contributed by atoms with Crippen molar-refractivity contribution in [3.63, 3.8) is 0 Å². The topological polar surface area (TPSA) is 83.0 Å². The fraction of sp³-hybridized carbons (Fsp3) is 0.300. The first-order valence-corrected chi connectivity index (χ1v) is 10.3. The average Bonchev–Trinajstić information content (AvgIpc) is 3.30. The molecule has 146 valence electrons. The standard InChI is InChI=1S/C20H22N4O2S2/c1-3-26-20(25)16-9-22-24(10-16)11-19-23-17(12-28-19)15-7-13(2)6-14(8-15)4-5-18(21)27/h6-10,12H,3-5,11H2,1-2H3,(H2,21,27). The Labute approximate surface area is 173 Å². The summed E-state index contributed by atoms with van der Waals surface area (Å²) < 4.78 is 6.68. The molecule has 3 aromatic rings. The Morgan fingerprint density at radius 3 is 2.93 bits per heavy atom. The van der Waals surface area contributed by atoms with E-state index in [2.05, 4.69) is 30.2 Å². The molecule has 0 atom stereocenters. The SMILES string of the molecule is CCOC(=O)c1cnn(Cc2nc(-c3cc(C)cc(CCC(N)=S)c3)cs2)c1. The van der Waals surface area contributed by atoms with Crippen LogP contribution in [0.15, 0.2) is 36.0 Å². The van der Waals surface area contributed by atoms with Crippen molar-refractivity contribution in [3.8, 4) is 11.3 Å². The number of carbonyl (C=O) groups excluding carboxylic acids is 1. The molecule has 6 nitrogen and oxygen atoms in total. The molecule has 0 fully saturated rings. The maximum Gasteiger partial charge on any atom is 0.341 e. The minimum atomic E-state index is -0.363. The van der Waals surface area contributed by atoms with Gasteiger partial charge in [-0.2, -0.15) is 5.10 Å². The normalized spacial score (nSPS) is 10.8. The van der Waals surface area contributed by atoms with Crippen molar-refractivity contribution in [2.75, 3.05) is 6.61 Å². The van der Waals surface area contributed by atoms with Gasteiger partial charge in [0.05, 0.1) is 35.6 Å². The smallest absolute Gasteiger partial charge is 0.341 e. The summed E-state index contributed by atoms with van der Waals surface area (Å²) in [6.45, 7) is 4.70. The number of esters is 1. The van der Waals surface area contributed by atoms with Crippen molar-refractivity contribution in [1.82, 2.24) is 14.8 Å². The van der Waals surface area contributed by atoms with Gasteiger partial charge in [0.15, 0.2) is 0 Å². The highest BCUT2D eigenvalue weighted by Crippen LogP contribution is 2.25. The molecule has 8 heteroatoms. The Morgan fingerprint density at radius 2 is 2.18 bits per heavy atom. The molecule has 0 spiro atoms. The second-order valence-corrected chi connectivity index (χ2v) is 7.91. The summed E-state index contributed by atoms with van der Waals surface area (Å²) in [6.07, 6.45) is 4.72. The molecule has 0 amide bonds. The van der Waals surface area contributed by atoms with Gasteiger partial charge in [-0.1, -0.05) is 23.8 Å². The predicted octanol–water partition coefficient (Wildman–Crippen LogP) is 3.76. The van der Waals surface area contributed by atoms with Crippen LogP contribution in [0.2, 0.25) is 0 Å². The number of thiazole rings is 1. The zero-order valence-electron chi connectivity index (χ0n) is 15.8. The maximum atomic E-state index is 11.8. The molecule has 1 aromatic carbocycles. The van der Waals surface area contributed by atoms with E-state index >= 15 is 0 Å². The van der Waals surface area contributed by atoms with Crippen LogP contribution in [0.5, 0.6) is 0 Å². The number of nitrogens with two attached hydrogens (primary N) is 1. The zero-order chi connectivity index (χ0) is 20.1. The third-order valence-electron chi connectivity index (χ3n) is 4.09. The van der Waals surface area contributed by atoms with Crippen LogP contribution in [0.25, 0.3) is 11.3 Å². The summed E-state index contributed by atoms with van der Waals surface area (Å²) in [7, 11) is 0. The Bertz CT molecular complexity index is 994. The number of hydrogen-bond donors (Lipinski definition) is 1. The minimum absolute atomic E-state index is 0.343. The van der Waals surface area contributed by atoms with Crippen molar-refractivity contribution >= 4 is 34.5 Å². The van der Waals surface area contributed by atoms with Gasteiger partial charge >= 0.3 is 5.97 Å². The zero-order valence-corrected chi connectivity index (χ0v) is 17.5. The van der Waals surface area contributed by atoms with Gasteiger partial charge in [0.2, 0.25) is 0 Å². The Kier molecular flexibility index (Phi) is 6.53.